The van der Waals surface area contributed by atoms with Gasteiger partial charge in [0.25, 0.3) is 10.0 Å². The Morgan fingerprint density at radius 3 is 2.12 bits per heavy atom. The van der Waals surface area contributed by atoms with Gasteiger partial charge in [-0.25, -0.2) is 12.8 Å². The van der Waals surface area contributed by atoms with Gasteiger partial charge in [0.2, 0.25) is 5.91 Å². The fraction of sp³-hybridized carbons (Fsp3) is 0.211. The van der Waals surface area contributed by atoms with Crippen LogP contribution in [-0.4, -0.2) is 21.0 Å². The minimum absolute atomic E-state index is 0.130. The van der Waals surface area contributed by atoms with Gasteiger partial charge in [0, 0.05) is 11.4 Å². The molecule has 2 aromatic carbocycles. The van der Waals surface area contributed by atoms with Crippen LogP contribution in [0.1, 0.15) is 19.4 Å². The molecule has 26 heavy (non-hydrogen) atoms. The highest BCUT2D eigenvalue weighted by molar-refractivity contribution is 7.92. The smallest absolute Gasteiger partial charge is 0.261 e. The Morgan fingerprint density at radius 1 is 1.08 bits per heavy atom. The molecule has 2 aromatic rings. The van der Waals surface area contributed by atoms with Crippen LogP contribution >= 0.6 is 0 Å². The molecule has 0 unspecified atom stereocenters. The van der Waals surface area contributed by atoms with Gasteiger partial charge in [-0.1, -0.05) is 24.8 Å². The maximum Gasteiger partial charge on any atom is 0.261 e. The summed E-state index contributed by atoms with van der Waals surface area (Å²) in [6, 6.07) is 12.4. The fourth-order valence-electron chi connectivity index (χ4n) is 1.98. The Labute approximate surface area is 153 Å². The summed E-state index contributed by atoms with van der Waals surface area (Å²) in [6.45, 7) is 5.85. The van der Waals surface area contributed by atoms with Crippen LogP contribution in [0.25, 0.3) is 6.08 Å². The highest BCUT2D eigenvalue weighted by Crippen LogP contribution is 2.22. The van der Waals surface area contributed by atoms with Crippen molar-refractivity contribution in [2.75, 3.05) is 16.7 Å². The predicted molar refractivity (Wildman–Crippen MR) is 102 cm³/mol. The Kier molecular flexibility index (Phi) is 5.82. The average molecular weight is 376 g/mol. The van der Waals surface area contributed by atoms with Gasteiger partial charge < -0.3 is 5.32 Å². The summed E-state index contributed by atoms with van der Waals surface area (Å²) in [5, 5.41) is 2.60. The topological polar surface area (TPSA) is 75.3 Å². The molecule has 1 amide bonds. The van der Waals surface area contributed by atoms with E-state index in [1.165, 1.54) is 38.1 Å². The van der Waals surface area contributed by atoms with Crippen LogP contribution in [0.3, 0.4) is 0 Å². The van der Waals surface area contributed by atoms with Crippen molar-refractivity contribution in [3.05, 3.63) is 60.7 Å². The first-order valence-electron chi connectivity index (χ1n) is 7.91. The largest absolute Gasteiger partial charge is 0.326 e. The lowest BCUT2D eigenvalue weighted by Gasteiger charge is -2.19. The molecule has 0 fully saturated rings. The summed E-state index contributed by atoms with van der Waals surface area (Å²) in [5.74, 6) is -0.448. The molecule has 0 aliphatic rings. The van der Waals surface area contributed by atoms with Gasteiger partial charge in [-0.2, -0.15) is 0 Å². The monoisotopic (exact) mass is 376 g/mol. The molecular weight excluding hydrogens is 355 g/mol. The molecule has 0 heterocycles. The molecule has 138 valence electrons. The number of hydrogen-bond donors (Lipinski definition) is 2. The number of carbonyl (C=O) groups excluding carboxylic acids is 1. The number of alkyl halides is 1. The summed E-state index contributed by atoms with van der Waals surface area (Å²) in [6.07, 6.45) is 1.63. The zero-order chi connectivity index (χ0) is 19.4. The van der Waals surface area contributed by atoms with E-state index in [1.54, 1.807) is 30.3 Å². The summed E-state index contributed by atoms with van der Waals surface area (Å²) in [4.78, 5) is 12.1. The second kappa shape index (κ2) is 7.70. The molecule has 0 radical (unpaired) electrons. The zero-order valence-corrected chi connectivity index (χ0v) is 15.4. The molecule has 0 bridgehead atoms. The molecule has 2 rings (SSSR count). The van der Waals surface area contributed by atoms with Crippen molar-refractivity contribution in [3.63, 3.8) is 0 Å². The van der Waals surface area contributed by atoms with E-state index >= 15 is 0 Å². The molecule has 0 spiro atoms. The normalized spacial score (nSPS) is 11.7. The molecule has 7 heteroatoms. The maximum absolute atomic E-state index is 12.8. The van der Waals surface area contributed by atoms with Crippen LogP contribution in [0.5, 0.6) is 0 Å². The summed E-state index contributed by atoms with van der Waals surface area (Å²) in [5.41, 5.74) is 0.494. The lowest BCUT2D eigenvalue weighted by Crippen LogP contribution is -2.32. The number of hydrogen-bond acceptors (Lipinski definition) is 3. The fourth-order valence-corrected chi connectivity index (χ4v) is 3.04. The third-order valence-electron chi connectivity index (χ3n) is 3.77. The molecule has 0 saturated heterocycles. The van der Waals surface area contributed by atoms with E-state index in [-0.39, 0.29) is 4.90 Å². The van der Waals surface area contributed by atoms with Gasteiger partial charge in [-0.15, -0.1) is 0 Å². The number of sulfonamides is 1. The van der Waals surface area contributed by atoms with E-state index in [4.69, 9.17) is 0 Å². The standard InChI is InChI=1S/C19H21FN2O3S/c1-4-14-5-11-17(12-6-14)26(24,25)22-16-9-7-15(8-10-16)21-18(23)19(2,3)13-20/h4-12,22H,1,13H2,2-3H3,(H,21,23). The molecule has 5 nitrogen and oxygen atoms in total. The molecule has 0 aliphatic carbocycles. The van der Waals surface area contributed by atoms with Gasteiger partial charge in [-0.05, 0) is 55.8 Å². The first-order chi connectivity index (χ1) is 12.2. The molecule has 0 aromatic heterocycles. The van der Waals surface area contributed by atoms with Crippen LogP contribution in [0.4, 0.5) is 15.8 Å². The third-order valence-corrected chi connectivity index (χ3v) is 5.17. The molecule has 0 saturated carbocycles. The van der Waals surface area contributed by atoms with Crippen molar-refractivity contribution in [2.24, 2.45) is 5.41 Å². The zero-order valence-electron chi connectivity index (χ0n) is 14.6. The van der Waals surface area contributed by atoms with Crippen molar-refractivity contribution < 1.29 is 17.6 Å². The highest BCUT2D eigenvalue weighted by Gasteiger charge is 2.27. The van der Waals surface area contributed by atoms with E-state index in [0.717, 1.165) is 5.56 Å². The van der Waals surface area contributed by atoms with Crippen LogP contribution in [0.2, 0.25) is 0 Å². The molecule has 0 aliphatic heterocycles. The second-order valence-electron chi connectivity index (χ2n) is 6.43. The van der Waals surface area contributed by atoms with Crippen molar-refractivity contribution in [1.29, 1.82) is 0 Å². The SMILES string of the molecule is C=Cc1ccc(S(=O)(=O)Nc2ccc(NC(=O)C(C)(C)CF)cc2)cc1. The Balaban J connectivity index is 2.10. The molecule has 2 N–H and O–H groups in total. The van der Waals surface area contributed by atoms with E-state index in [9.17, 15) is 17.6 Å². The first-order valence-corrected chi connectivity index (χ1v) is 9.39. The first kappa shape index (κ1) is 19.7. The van der Waals surface area contributed by atoms with E-state index in [0.29, 0.717) is 11.4 Å². The van der Waals surface area contributed by atoms with E-state index in [1.807, 2.05) is 0 Å². The minimum Gasteiger partial charge on any atom is -0.326 e. The summed E-state index contributed by atoms with van der Waals surface area (Å²) < 4.78 is 40.1. The highest BCUT2D eigenvalue weighted by atomic mass is 32.2. The Hall–Kier alpha value is -2.67. The quantitative estimate of drug-likeness (QED) is 0.765. The number of nitrogens with one attached hydrogen (secondary N) is 2. The van der Waals surface area contributed by atoms with Crippen molar-refractivity contribution >= 4 is 33.4 Å². The average Bonchev–Trinajstić information content (AvgIpc) is 2.63. The number of halogens is 1. The Bertz CT molecular complexity index is 889. The maximum atomic E-state index is 12.8. The van der Waals surface area contributed by atoms with Gasteiger partial charge in [-0.3, -0.25) is 9.52 Å². The van der Waals surface area contributed by atoms with Gasteiger partial charge in [0.1, 0.15) is 6.67 Å². The van der Waals surface area contributed by atoms with Crippen molar-refractivity contribution in [2.45, 2.75) is 18.7 Å². The summed E-state index contributed by atoms with van der Waals surface area (Å²) >= 11 is 0. The molecular formula is C19H21FN2O3S. The minimum atomic E-state index is -3.72. The van der Waals surface area contributed by atoms with Gasteiger partial charge in [0.15, 0.2) is 0 Å². The number of carbonyl (C=O) groups is 1. The Morgan fingerprint density at radius 2 is 1.62 bits per heavy atom. The number of amides is 1. The number of anilines is 2. The van der Waals surface area contributed by atoms with Crippen LogP contribution in [0.15, 0.2) is 60.0 Å². The van der Waals surface area contributed by atoms with Crippen molar-refractivity contribution in [1.82, 2.24) is 0 Å². The van der Waals surface area contributed by atoms with Gasteiger partial charge in [0.05, 0.1) is 10.3 Å². The van der Waals surface area contributed by atoms with Crippen LogP contribution in [0, 0.1) is 5.41 Å². The van der Waals surface area contributed by atoms with E-state index < -0.39 is 28.0 Å². The molecule has 0 atom stereocenters. The van der Waals surface area contributed by atoms with Crippen LogP contribution < -0.4 is 10.0 Å². The second-order valence-corrected chi connectivity index (χ2v) is 8.11. The van der Waals surface area contributed by atoms with E-state index in [2.05, 4.69) is 16.6 Å². The number of rotatable bonds is 7. The van der Waals surface area contributed by atoms with Gasteiger partial charge >= 0.3 is 0 Å². The third kappa shape index (κ3) is 4.70. The summed E-state index contributed by atoms with van der Waals surface area (Å²) in [7, 11) is -3.72. The van der Waals surface area contributed by atoms with Crippen LogP contribution in [-0.2, 0) is 14.8 Å². The lowest BCUT2D eigenvalue weighted by molar-refractivity contribution is -0.124. The lowest BCUT2D eigenvalue weighted by atomic mass is 9.94. The number of benzene rings is 2. The van der Waals surface area contributed by atoms with Crippen molar-refractivity contribution in [3.8, 4) is 0 Å². The predicted octanol–water partition coefficient (Wildman–Crippen LogP) is 4.06.